The molecule has 1 unspecified atom stereocenters. The Hall–Kier alpha value is -1.15. The Balaban J connectivity index is 2.10. The van der Waals surface area contributed by atoms with Crippen LogP contribution in [0.3, 0.4) is 0 Å². The Bertz CT molecular complexity index is 325. The molecule has 0 aliphatic carbocycles. The molecular weight excluding hydrogens is 186 g/mol. The number of hydrogen-bond donors (Lipinski definition) is 0. The van der Waals surface area contributed by atoms with Gasteiger partial charge in [-0.1, -0.05) is 24.3 Å². The predicted molar refractivity (Wildman–Crippen MR) is 61.1 cm³/mol. The number of hydrogen-bond acceptors (Lipinski definition) is 2. The predicted octanol–water partition coefficient (Wildman–Crippen LogP) is 2.66. The van der Waals surface area contributed by atoms with Crippen LogP contribution >= 0.6 is 0 Å². The topological polar surface area (TPSA) is 20.3 Å². The fourth-order valence-electron chi connectivity index (χ4n) is 2.19. The smallest absolute Gasteiger partial charge is 0.150 e. The van der Waals surface area contributed by atoms with Crippen LogP contribution < -0.4 is 0 Å². The van der Waals surface area contributed by atoms with E-state index in [2.05, 4.69) is 24.0 Å². The third kappa shape index (κ3) is 2.26. The highest BCUT2D eigenvalue weighted by molar-refractivity contribution is 5.74. The average Bonchev–Trinajstić information content (AvgIpc) is 2.82. The molecule has 15 heavy (non-hydrogen) atoms. The lowest BCUT2D eigenvalue weighted by molar-refractivity contribution is 0.112. The van der Waals surface area contributed by atoms with E-state index in [9.17, 15) is 4.79 Å². The minimum atomic E-state index is 0.480. The molecule has 1 atom stereocenters. The number of nitrogens with zero attached hydrogens (tertiary/aromatic N) is 1. The second-order valence-electron chi connectivity index (χ2n) is 4.20. The zero-order valence-electron chi connectivity index (χ0n) is 9.15. The summed E-state index contributed by atoms with van der Waals surface area (Å²) in [6, 6.07) is 8.40. The molecule has 0 saturated carbocycles. The SMILES string of the molecule is CC(c1ccc(C=O)cc1)N1CCCC1. The zero-order chi connectivity index (χ0) is 10.7. The summed E-state index contributed by atoms with van der Waals surface area (Å²) in [5, 5.41) is 0. The van der Waals surface area contributed by atoms with Crippen LogP contribution in [0.25, 0.3) is 0 Å². The summed E-state index contributed by atoms with van der Waals surface area (Å²) in [5.41, 5.74) is 2.06. The number of carbonyl (C=O) groups is 1. The Kier molecular flexibility index (Phi) is 3.17. The average molecular weight is 203 g/mol. The fraction of sp³-hybridized carbons (Fsp3) is 0.462. The first-order chi connectivity index (χ1) is 7.31. The summed E-state index contributed by atoms with van der Waals surface area (Å²) >= 11 is 0. The molecule has 0 N–H and O–H groups in total. The number of rotatable bonds is 3. The first-order valence-corrected chi connectivity index (χ1v) is 5.60. The molecule has 1 saturated heterocycles. The molecule has 1 aliphatic heterocycles. The van der Waals surface area contributed by atoms with Crippen LogP contribution in [0.2, 0.25) is 0 Å². The van der Waals surface area contributed by atoms with E-state index in [1.807, 2.05) is 12.1 Å². The van der Waals surface area contributed by atoms with Gasteiger partial charge >= 0.3 is 0 Å². The molecule has 0 amide bonds. The van der Waals surface area contributed by atoms with Gasteiger partial charge in [-0.2, -0.15) is 0 Å². The summed E-state index contributed by atoms with van der Waals surface area (Å²) in [6.45, 7) is 4.65. The van der Waals surface area contributed by atoms with Crippen molar-refractivity contribution in [3.8, 4) is 0 Å². The summed E-state index contributed by atoms with van der Waals surface area (Å²) < 4.78 is 0. The molecule has 1 aromatic carbocycles. The lowest BCUT2D eigenvalue weighted by atomic mass is 10.1. The maximum Gasteiger partial charge on any atom is 0.150 e. The van der Waals surface area contributed by atoms with Gasteiger partial charge in [0.25, 0.3) is 0 Å². The van der Waals surface area contributed by atoms with E-state index >= 15 is 0 Å². The van der Waals surface area contributed by atoms with Crippen LogP contribution in [0.1, 0.15) is 41.7 Å². The quantitative estimate of drug-likeness (QED) is 0.704. The summed E-state index contributed by atoms with van der Waals surface area (Å²) in [5.74, 6) is 0. The molecule has 0 bridgehead atoms. The Labute approximate surface area is 90.9 Å². The number of aldehydes is 1. The van der Waals surface area contributed by atoms with Crippen LogP contribution in [0, 0.1) is 0 Å². The van der Waals surface area contributed by atoms with Gasteiger partial charge in [-0.15, -0.1) is 0 Å². The van der Waals surface area contributed by atoms with Crippen LogP contribution in [0.15, 0.2) is 24.3 Å². The number of benzene rings is 1. The van der Waals surface area contributed by atoms with E-state index in [0.29, 0.717) is 6.04 Å². The second kappa shape index (κ2) is 4.58. The largest absolute Gasteiger partial charge is 0.298 e. The van der Waals surface area contributed by atoms with Crippen molar-refractivity contribution < 1.29 is 4.79 Å². The van der Waals surface area contributed by atoms with E-state index in [4.69, 9.17) is 0 Å². The van der Waals surface area contributed by atoms with E-state index < -0.39 is 0 Å². The Morgan fingerprint density at radius 1 is 1.20 bits per heavy atom. The highest BCUT2D eigenvalue weighted by Gasteiger charge is 2.18. The van der Waals surface area contributed by atoms with Crippen LogP contribution in [0.5, 0.6) is 0 Å². The lowest BCUT2D eigenvalue weighted by Gasteiger charge is -2.24. The lowest BCUT2D eigenvalue weighted by Crippen LogP contribution is -2.23. The molecule has 2 nitrogen and oxygen atoms in total. The Morgan fingerprint density at radius 3 is 2.33 bits per heavy atom. The van der Waals surface area contributed by atoms with Crippen molar-refractivity contribution in [3.63, 3.8) is 0 Å². The minimum Gasteiger partial charge on any atom is -0.298 e. The molecule has 1 aliphatic rings. The van der Waals surface area contributed by atoms with Gasteiger partial charge in [-0.3, -0.25) is 9.69 Å². The fourth-order valence-corrected chi connectivity index (χ4v) is 2.19. The molecule has 0 spiro atoms. The summed E-state index contributed by atoms with van der Waals surface area (Å²) in [7, 11) is 0. The van der Waals surface area contributed by atoms with Crippen molar-refractivity contribution >= 4 is 6.29 Å². The maximum atomic E-state index is 10.5. The van der Waals surface area contributed by atoms with Gasteiger partial charge in [0.1, 0.15) is 6.29 Å². The van der Waals surface area contributed by atoms with Crippen molar-refractivity contribution in [2.75, 3.05) is 13.1 Å². The highest BCUT2D eigenvalue weighted by Crippen LogP contribution is 2.24. The van der Waals surface area contributed by atoms with Crippen molar-refractivity contribution in [1.29, 1.82) is 0 Å². The zero-order valence-corrected chi connectivity index (χ0v) is 9.15. The van der Waals surface area contributed by atoms with Crippen LogP contribution in [0.4, 0.5) is 0 Å². The maximum absolute atomic E-state index is 10.5. The second-order valence-corrected chi connectivity index (χ2v) is 4.20. The van der Waals surface area contributed by atoms with E-state index in [0.717, 1.165) is 11.8 Å². The van der Waals surface area contributed by atoms with E-state index in [1.165, 1.54) is 31.5 Å². The van der Waals surface area contributed by atoms with Gasteiger partial charge in [-0.25, -0.2) is 0 Å². The third-order valence-corrected chi connectivity index (χ3v) is 3.24. The molecule has 1 fully saturated rings. The normalized spacial score (nSPS) is 19.0. The third-order valence-electron chi connectivity index (χ3n) is 3.24. The molecule has 0 radical (unpaired) electrons. The van der Waals surface area contributed by atoms with Gasteiger partial charge in [0.15, 0.2) is 0 Å². The molecule has 1 heterocycles. The molecule has 2 rings (SSSR count). The van der Waals surface area contributed by atoms with Gasteiger partial charge in [-0.05, 0) is 38.4 Å². The van der Waals surface area contributed by atoms with Crippen molar-refractivity contribution in [2.24, 2.45) is 0 Å². The molecule has 1 aromatic rings. The van der Waals surface area contributed by atoms with Gasteiger partial charge in [0.2, 0.25) is 0 Å². The Morgan fingerprint density at radius 2 is 1.80 bits per heavy atom. The van der Waals surface area contributed by atoms with Crippen molar-refractivity contribution in [2.45, 2.75) is 25.8 Å². The first kappa shape index (κ1) is 10.4. The van der Waals surface area contributed by atoms with Gasteiger partial charge in [0, 0.05) is 11.6 Å². The van der Waals surface area contributed by atoms with Crippen molar-refractivity contribution in [3.05, 3.63) is 35.4 Å². The van der Waals surface area contributed by atoms with Gasteiger partial charge in [0.05, 0.1) is 0 Å². The minimum absolute atomic E-state index is 0.480. The van der Waals surface area contributed by atoms with E-state index in [1.54, 1.807) is 0 Å². The summed E-state index contributed by atoms with van der Waals surface area (Å²) in [4.78, 5) is 13.0. The highest BCUT2D eigenvalue weighted by atomic mass is 16.1. The standard InChI is InChI=1S/C13H17NO/c1-11(14-8-2-3-9-14)13-6-4-12(10-15)5-7-13/h4-7,10-11H,2-3,8-9H2,1H3. The van der Waals surface area contributed by atoms with Crippen LogP contribution in [-0.2, 0) is 0 Å². The monoisotopic (exact) mass is 203 g/mol. The number of carbonyl (C=O) groups excluding carboxylic acids is 1. The van der Waals surface area contributed by atoms with Crippen molar-refractivity contribution in [1.82, 2.24) is 4.90 Å². The molecule has 2 heteroatoms. The van der Waals surface area contributed by atoms with E-state index in [-0.39, 0.29) is 0 Å². The molecule has 80 valence electrons. The molecule has 0 aromatic heterocycles. The molecular formula is C13H17NO. The van der Waals surface area contributed by atoms with Crippen LogP contribution in [-0.4, -0.2) is 24.3 Å². The summed E-state index contributed by atoms with van der Waals surface area (Å²) in [6.07, 6.45) is 3.53. The van der Waals surface area contributed by atoms with Gasteiger partial charge < -0.3 is 0 Å². The first-order valence-electron chi connectivity index (χ1n) is 5.60. The number of likely N-dealkylation sites (tertiary alicyclic amines) is 1.